The van der Waals surface area contributed by atoms with Gasteiger partial charge in [-0.3, -0.25) is 4.79 Å². The van der Waals surface area contributed by atoms with Gasteiger partial charge >= 0.3 is 0 Å². The van der Waals surface area contributed by atoms with Crippen molar-refractivity contribution < 1.29 is 9.63 Å². The highest BCUT2D eigenvalue weighted by Gasteiger charge is 2.38. The molecule has 17 heavy (non-hydrogen) atoms. The van der Waals surface area contributed by atoms with Crippen molar-refractivity contribution in [1.29, 1.82) is 0 Å². The van der Waals surface area contributed by atoms with Crippen molar-refractivity contribution >= 4 is 5.91 Å². The van der Waals surface area contributed by atoms with Crippen molar-refractivity contribution in [3.63, 3.8) is 0 Å². The highest BCUT2D eigenvalue weighted by atomic mass is 16.7. The Kier molecular flexibility index (Phi) is 4.20. The predicted octanol–water partition coefficient (Wildman–Crippen LogP) is 1.89. The van der Waals surface area contributed by atoms with Gasteiger partial charge in [-0.05, 0) is 12.3 Å². The SMILES string of the molecule is C=C(ON(C)C)C(C)(C)[C@@H]1CCN(C)C(=O)C1. The van der Waals surface area contributed by atoms with E-state index >= 15 is 0 Å². The zero-order chi connectivity index (χ0) is 13.2. The normalized spacial score (nSPS) is 21.9. The molecule has 0 aromatic heterocycles. The van der Waals surface area contributed by atoms with Gasteiger partial charge in [0.2, 0.25) is 5.91 Å². The summed E-state index contributed by atoms with van der Waals surface area (Å²) in [7, 11) is 5.53. The summed E-state index contributed by atoms with van der Waals surface area (Å²) in [5.41, 5.74) is -0.179. The van der Waals surface area contributed by atoms with Gasteiger partial charge in [-0.1, -0.05) is 20.4 Å². The van der Waals surface area contributed by atoms with Crippen LogP contribution in [0.2, 0.25) is 0 Å². The van der Waals surface area contributed by atoms with E-state index < -0.39 is 0 Å². The number of allylic oxidation sites excluding steroid dienone is 1. The van der Waals surface area contributed by atoms with Crippen LogP contribution in [0.4, 0.5) is 0 Å². The highest BCUT2D eigenvalue weighted by Crippen LogP contribution is 2.40. The van der Waals surface area contributed by atoms with Crippen molar-refractivity contribution in [2.45, 2.75) is 26.7 Å². The fourth-order valence-corrected chi connectivity index (χ4v) is 2.12. The molecule has 0 unspecified atom stereocenters. The molecule has 1 heterocycles. The van der Waals surface area contributed by atoms with Crippen LogP contribution in [0.1, 0.15) is 26.7 Å². The van der Waals surface area contributed by atoms with Crippen LogP contribution in [0.3, 0.4) is 0 Å². The van der Waals surface area contributed by atoms with E-state index in [0.29, 0.717) is 12.3 Å². The molecule has 1 aliphatic rings. The van der Waals surface area contributed by atoms with E-state index in [2.05, 4.69) is 20.4 Å². The standard InChI is InChI=1S/C13H24N2O2/c1-10(17-14(4)5)13(2,3)11-7-8-15(6)12(16)9-11/h11H,1,7-9H2,2-6H3/t11-/m1/s1. The molecule has 0 radical (unpaired) electrons. The zero-order valence-corrected chi connectivity index (χ0v) is 11.6. The van der Waals surface area contributed by atoms with E-state index in [1.165, 1.54) is 0 Å². The molecule has 4 nitrogen and oxygen atoms in total. The molecule has 0 saturated carbocycles. The monoisotopic (exact) mass is 240 g/mol. The summed E-state index contributed by atoms with van der Waals surface area (Å²) in [6.45, 7) is 9.02. The van der Waals surface area contributed by atoms with Crippen molar-refractivity contribution in [2.24, 2.45) is 11.3 Å². The summed E-state index contributed by atoms with van der Waals surface area (Å²) in [6, 6.07) is 0. The number of nitrogens with zero attached hydrogens (tertiary/aromatic N) is 2. The first-order valence-electron chi connectivity index (χ1n) is 6.03. The third-order valence-electron chi connectivity index (χ3n) is 3.69. The van der Waals surface area contributed by atoms with Crippen molar-refractivity contribution in [1.82, 2.24) is 9.96 Å². The number of hydroxylamine groups is 2. The molecule has 4 heteroatoms. The Morgan fingerprint density at radius 1 is 1.53 bits per heavy atom. The number of carbonyl (C=O) groups is 1. The molecule has 0 N–H and O–H groups in total. The van der Waals surface area contributed by atoms with E-state index in [1.807, 2.05) is 21.1 Å². The highest BCUT2D eigenvalue weighted by molar-refractivity contribution is 5.77. The molecule has 1 saturated heterocycles. The third-order valence-corrected chi connectivity index (χ3v) is 3.69. The Morgan fingerprint density at radius 2 is 2.12 bits per heavy atom. The van der Waals surface area contributed by atoms with Gasteiger partial charge in [-0.2, -0.15) is 5.06 Å². The van der Waals surface area contributed by atoms with E-state index in [0.717, 1.165) is 18.7 Å². The quantitative estimate of drug-likeness (QED) is 0.555. The lowest BCUT2D eigenvalue weighted by atomic mass is 9.72. The second-order valence-corrected chi connectivity index (χ2v) is 5.55. The molecule has 0 bridgehead atoms. The van der Waals surface area contributed by atoms with Crippen LogP contribution < -0.4 is 0 Å². The number of rotatable bonds is 4. The number of likely N-dealkylation sites (tertiary alicyclic amines) is 1. The van der Waals surface area contributed by atoms with Crippen LogP contribution in [-0.2, 0) is 9.63 Å². The van der Waals surface area contributed by atoms with E-state index in [4.69, 9.17) is 4.84 Å². The van der Waals surface area contributed by atoms with Gasteiger partial charge in [0, 0.05) is 39.5 Å². The van der Waals surface area contributed by atoms with Gasteiger partial charge in [-0.15, -0.1) is 0 Å². The molecule has 0 aliphatic carbocycles. The Balaban J connectivity index is 2.70. The molecule has 0 aromatic rings. The average molecular weight is 240 g/mol. The first kappa shape index (κ1) is 14.0. The molecule has 0 aromatic carbocycles. The minimum Gasteiger partial charge on any atom is -0.411 e. The zero-order valence-electron chi connectivity index (χ0n) is 11.6. The lowest BCUT2D eigenvalue weighted by Gasteiger charge is -2.40. The molecular formula is C13H24N2O2. The molecule has 1 atom stereocenters. The van der Waals surface area contributed by atoms with Crippen molar-refractivity contribution in [3.05, 3.63) is 12.3 Å². The Bertz CT molecular complexity index is 311. The summed E-state index contributed by atoms with van der Waals surface area (Å²) in [4.78, 5) is 19.1. The largest absolute Gasteiger partial charge is 0.411 e. The van der Waals surface area contributed by atoms with Crippen LogP contribution in [0.25, 0.3) is 0 Å². The molecule has 1 amide bonds. The van der Waals surface area contributed by atoms with Gasteiger partial charge in [0.05, 0.1) is 0 Å². The second-order valence-electron chi connectivity index (χ2n) is 5.55. The molecule has 98 valence electrons. The molecule has 1 fully saturated rings. The summed E-state index contributed by atoms with van der Waals surface area (Å²) in [5, 5.41) is 1.64. The number of carbonyl (C=O) groups excluding carboxylic acids is 1. The lowest BCUT2D eigenvalue weighted by Crippen LogP contribution is -2.41. The van der Waals surface area contributed by atoms with Crippen LogP contribution in [0.5, 0.6) is 0 Å². The summed E-state index contributed by atoms with van der Waals surface area (Å²) in [6.07, 6.45) is 1.59. The van der Waals surface area contributed by atoms with Crippen LogP contribution in [0, 0.1) is 11.3 Å². The minimum atomic E-state index is -0.179. The van der Waals surface area contributed by atoms with Crippen molar-refractivity contribution in [3.8, 4) is 0 Å². The average Bonchev–Trinajstić information content (AvgIpc) is 2.20. The van der Waals surface area contributed by atoms with Gasteiger partial charge in [-0.25, -0.2) is 0 Å². The predicted molar refractivity (Wildman–Crippen MR) is 68.1 cm³/mol. The fourth-order valence-electron chi connectivity index (χ4n) is 2.12. The van der Waals surface area contributed by atoms with Gasteiger partial charge in [0.25, 0.3) is 0 Å². The minimum absolute atomic E-state index is 0.179. The fraction of sp³-hybridized carbons (Fsp3) is 0.769. The van der Waals surface area contributed by atoms with Crippen LogP contribution in [-0.4, -0.2) is 43.6 Å². The summed E-state index contributed by atoms with van der Waals surface area (Å²) >= 11 is 0. The molecular weight excluding hydrogens is 216 g/mol. The third kappa shape index (κ3) is 3.22. The summed E-state index contributed by atoms with van der Waals surface area (Å²) in [5.74, 6) is 1.25. The lowest BCUT2D eigenvalue weighted by molar-refractivity contribution is -0.137. The number of piperidine rings is 1. The van der Waals surface area contributed by atoms with E-state index in [9.17, 15) is 4.79 Å². The van der Waals surface area contributed by atoms with Crippen LogP contribution in [0.15, 0.2) is 12.3 Å². The number of amides is 1. The smallest absolute Gasteiger partial charge is 0.222 e. The number of hydrogen-bond donors (Lipinski definition) is 0. The second kappa shape index (κ2) is 5.08. The van der Waals surface area contributed by atoms with Crippen LogP contribution >= 0.6 is 0 Å². The van der Waals surface area contributed by atoms with E-state index in [1.54, 1.807) is 9.96 Å². The molecule has 1 rings (SSSR count). The van der Waals surface area contributed by atoms with Gasteiger partial charge < -0.3 is 9.74 Å². The first-order valence-corrected chi connectivity index (χ1v) is 6.03. The van der Waals surface area contributed by atoms with Gasteiger partial charge in [0.1, 0.15) is 5.76 Å². The molecule has 0 spiro atoms. The Hall–Kier alpha value is -1.03. The first-order chi connectivity index (χ1) is 7.75. The van der Waals surface area contributed by atoms with E-state index in [-0.39, 0.29) is 11.3 Å². The molecule has 1 aliphatic heterocycles. The maximum Gasteiger partial charge on any atom is 0.222 e. The van der Waals surface area contributed by atoms with Crippen molar-refractivity contribution in [2.75, 3.05) is 27.7 Å². The Labute approximate surface area is 104 Å². The maximum absolute atomic E-state index is 11.7. The maximum atomic E-state index is 11.7. The number of hydrogen-bond acceptors (Lipinski definition) is 3. The topological polar surface area (TPSA) is 32.8 Å². The summed E-state index contributed by atoms with van der Waals surface area (Å²) < 4.78 is 0. The van der Waals surface area contributed by atoms with Gasteiger partial charge in [0.15, 0.2) is 0 Å². The Morgan fingerprint density at radius 3 is 2.59 bits per heavy atom.